The van der Waals surface area contributed by atoms with Gasteiger partial charge in [0.05, 0.1) is 5.69 Å². The Hall–Kier alpha value is -2.14. The summed E-state index contributed by atoms with van der Waals surface area (Å²) >= 11 is 6.20. The average molecular weight is 373 g/mol. The summed E-state index contributed by atoms with van der Waals surface area (Å²) in [6.45, 7) is 7.82. The molecule has 1 N–H and O–H groups in total. The Morgan fingerprint density at radius 3 is 2.54 bits per heavy atom. The van der Waals surface area contributed by atoms with Gasteiger partial charge in [0.25, 0.3) is 0 Å². The summed E-state index contributed by atoms with van der Waals surface area (Å²) in [4.78, 5) is 23.8. The van der Waals surface area contributed by atoms with E-state index in [1.807, 2.05) is 62.9 Å². The van der Waals surface area contributed by atoms with Crippen LogP contribution in [0.25, 0.3) is 0 Å². The predicted molar refractivity (Wildman–Crippen MR) is 105 cm³/mol. The lowest BCUT2D eigenvalue weighted by Crippen LogP contribution is -2.50. The third kappa shape index (κ3) is 3.98. The van der Waals surface area contributed by atoms with Crippen LogP contribution in [0, 0.1) is 0 Å². The summed E-state index contributed by atoms with van der Waals surface area (Å²) in [7, 11) is 0. The van der Waals surface area contributed by atoms with Crippen molar-refractivity contribution in [1.29, 1.82) is 0 Å². The molecule has 1 unspecified atom stereocenters. The normalized spacial score (nSPS) is 14.7. The topological polar surface area (TPSA) is 58.1 Å². The van der Waals surface area contributed by atoms with Crippen molar-refractivity contribution in [3.8, 4) is 0 Å². The van der Waals surface area contributed by atoms with Crippen molar-refractivity contribution < 1.29 is 4.79 Å². The highest BCUT2D eigenvalue weighted by molar-refractivity contribution is 6.28. The molecule has 1 amide bonds. The first-order valence-corrected chi connectivity index (χ1v) is 9.35. The number of amides is 1. The lowest BCUT2D eigenvalue weighted by Gasteiger charge is -2.33. The molecular formula is C20H25ClN4O. The van der Waals surface area contributed by atoms with E-state index in [2.05, 4.69) is 15.3 Å². The number of nitrogens with zero attached hydrogens (tertiary/aromatic N) is 3. The maximum absolute atomic E-state index is 12.9. The van der Waals surface area contributed by atoms with Crippen LogP contribution in [-0.4, -0.2) is 27.5 Å². The average Bonchev–Trinajstić information content (AvgIpc) is 3.02. The van der Waals surface area contributed by atoms with E-state index >= 15 is 0 Å². The Labute approximate surface area is 159 Å². The minimum absolute atomic E-state index is 0.0529. The van der Waals surface area contributed by atoms with Gasteiger partial charge in [-0.15, -0.1) is 0 Å². The molecule has 1 aromatic heterocycles. The van der Waals surface area contributed by atoms with Crippen LogP contribution in [0.15, 0.2) is 30.3 Å². The monoisotopic (exact) mass is 372 g/mol. The minimum atomic E-state index is -0.438. The molecule has 5 nitrogen and oxygen atoms in total. The zero-order chi connectivity index (χ0) is 18.9. The number of para-hydroxylation sites is 1. The Bertz CT molecular complexity index is 801. The van der Waals surface area contributed by atoms with Crippen molar-refractivity contribution in [2.75, 3.05) is 4.90 Å². The standard InChI is InChI=1S/C20H25ClN4O/c1-13(18(26)24-20(2,3)4)25(14-9-6-5-7-10-14)17-15-11-8-12-16(15)22-19(21)23-17/h5-7,9-10,13H,8,11-12H2,1-4H3,(H,24,26). The SMILES string of the molecule is CC(C(=O)NC(C)(C)C)N(c1ccccc1)c1nc(Cl)nc2c1CCC2. The van der Waals surface area contributed by atoms with Crippen LogP contribution in [0.3, 0.4) is 0 Å². The molecule has 1 aliphatic carbocycles. The van der Waals surface area contributed by atoms with Gasteiger partial charge in [0.15, 0.2) is 0 Å². The van der Waals surface area contributed by atoms with Gasteiger partial charge in [0, 0.05) is 16.8 Å². The number of aromatic nitrogens is 2. The van der Waals surface area contributed by atoms with Crippen molar-refractivity contribution in [3.63, 3.8) is 0 Å². The van der Waals surface area contributed by atoms with E-state index in [9.17, 15) is 4.79 Å². The van der Waals surface area contributed by atoms with E-state index in [0.717, 1.165) is 42.0 Å². The summed E-state index contributed by atoms with van der Waals surface area (Å²) in [5.41, 5.74) is 2.69. The van der Waals surface area contributed by atoms with Gasteiger partial charge in [0.1, 0.15) is 11.9 Å². The van der Waals surface area contributed by atoms with Crippen molar-refractivity contribution in [1.82, 2.24) is 15.3 Å². The first-order chi connectivity index (χ1) is 12.3. The number of rotatable bonds is 4. The summed E-state index contributed by atoms with van der Waals surface area (Å²) in [5.74, 6) is 0.683. The molecule has 0 radical (unpaired) electrons. The number of benzene rings is 1. The number of anilines is 2. The van der Waals surface area contributed by atoms with E-state index in [-0.39, 0.29) is 16.7 Å². The van der Waals surface area contributed by atoms with Crippen LogP contribution >= 0.6 is 11.6 Å². The zero-order valence-corrected chi connectivity index (χ0v) is 16.5. The number of hydrogen-bond donors (Lipinski definition) is 1. The fourth-order valence-electron chi connectivity index (χ4n) is 3.29. The fraction of sp³-hybridized carbons (Fsp3) is 0.450. The maximum Gasteiger partial charge on any atom is 0.243 e. The third-order valence-corrected chi connectivity index (χ3v) is 4.58. The molecule has 0 fully saturated rings. The van der Waals surface area contributed by atoms with Crippen LogP contribution in [0.5, 0.6) is 0 Å². The van der Waals surface area contributed by atoms with E-state index < -0.39 is 6.04 Å². The zero-order valence-electron chi connectivity index (χ0n) is 15.7. The van der Waals surface area contributed by atoms with Gasteiger partial charge in [0.2, 0.25) is 11.2 Å². The van der Waals surface area contributed by atoms with Crippen molar-refractivity contribution in [3.05, 3.63) is 46.9 Å². The third-order valence-electron chi connectivity index (χ3n) is 4.41. The minimum Gasteiger partial charge on any atom is -0.350 e. The lowest BCUT2D eigenvalue weighted by atomic mass is 10.1. The molecule has 3 rings (SSSR count). The molecule has 1 atom stereocenters. The quantitative estimate of drug-likeness (QED) is 0.822. The van der Waals surface area contributed by atoms with Crippen LogP contribution in [0.1, 0.15) is 45.4 Å². The molecule has 6 heteroatoms. The summed E-state index contributed by atoms with van der Waals surface area (Å²) in [6.07, 6.45) is 2.83. The van der Waals surface area contributed by atoms with Gasteiger partial charge >= 0.3 is 0 Å². The van der Waals surface area contributed by atoms with E-state index in [1.54, 1.807) is 0 Å². The molecule has 26 heavy (non-hydrogen) atoms. The first-order valence-electron chi connectivity index (χ1n) is 8.98. The van der Waals surface area contributed by atoms with E-state index in [1.165, 1.54) is 0 Å². The second-order valence-electron chi connectivity index (χ2n) is 7.72. The van der Waals surface area contributed by atoms with Crippen LogP contribution in [0.4, 0.5) is 11.5 Å². The molecule has 1 aromatic carbocycles. The van der Waals surface area contributed by atoms with Crippen LogP contribution < -0.4 is 10.2 Å². The van der Waals surface area contributed by atoms with Gasteiger partial charge in [-0.2, -0.15) is 4.98 Å². The summed E-state index contributed by atoms with van der Waals surface area (Å²) in [6, 6.07) is 9.40. The molecule has 0 aliphatic heterocycles. The Balaban J connectivity index is 2.08. The highest BCUT2D eigenvalue weighted by Crippen LogP contribution is 2.35. The van der Waals surface area contributed by atoms with Crippen molar-refractivity contribution in [2.45, 2.75) is 58.5 Å². The van der Waals surface area contributed by atoms with Gasteiger partial charge in [-0.25, -0.2) is 4.98 Å². The number of carbonyl (C=O) groups excluding carboxylic acids is 1. The van der Waals surface area contributed by atoms with Gasteiger partial charge in [-0.3, -0.25) is 4.79 Å². The lowest BCUT2D eigenvalue weighted by molar-refractivity contribution is -0.123. The number of fused-ring (bicyclic) bond motifs is 1. The molecular weight excluding hydrogens is 348 g/mol. The fourth-order valence-corrected chi connectivity index (χ4v) is 3.47. The molecule has 0 saturated heterocycles. The van der Waals surface area contributed by atoms with Gasteiger partial charge in [-0.05, 0) is 70.7 Å². The molecule has 1 heterocycles. The number of aryl methyl sites for hydroxylation is 1. The van der Waals surface area contributed by atoms with Crippen molar-refractivity contribution >= 4 is 29.0 Å². The molecule has 0 bridgehead atoms. The number of halogens is 1. The number of hydrogen-bond acceptors (Lipinski definition) is 4. The summed E-state index contributed by atoms with van der Waals surface area (Å²) in [5, 5.41) is 3.29. The maximum atomic E-state index is 12.9. The van der Waals surface area contributed by atoms with Crippen molar-refractivity contribution in [2.24, 2.45) is 0 Å². The second kappa shape index (κ2) is 7.23. The first kappa shape index (κ1) is 18.6. The van der Waals surface area contributed by atoms with Crippen LogP contribution in [0.2, 0.25) is 5.28 Å². The Morgan fingerprint density at radius 1 is 1.19 bits per heavy atom. The predicted octanol–water partition coefficient (Wildman–Crippen LogP) is 4.06. The Kier molecular flexibility index (Phi) is 5.19. The highest BCUT2D eigenvalue weighted by atomic mass is 35.5. The largest absolute Gasteiger partial charge is 0.350 e. The highest BCUT2D eigenvalue weighted by Gasteiger charge is 2.31. The van der Waals surface area contributed by atoms with Gasteiger partial charge < -0.3 is 10.2 Å². The van der Waals surface area contributed by atoms with E-state index in [4.69, 9.17) is 11.6 Å². The molecule has 0 saturated carbocycles. The smallest absolute Gasteiger partial charge is 0.243 e. The number of nitrogens with one attached hydrogen (secondary N) is 1. The van der Waals surface area contributed by atoms with Gasteiger partial charge in [-0.1, -0.05) is 18.2 Å². The molecule has 1 aliphatic rings. The number of carbonyl (C=O) groups is 1. The molecule has 0 spiro atoms. The summed E-state index contributed by atoms with van der Waals surface area (Å²) < 4.78 is 0. The van der Waals surface area contributed by atoms with Crippen LogP contribution in [-0.2, 0) is 17.6 Å². The Morgan fingerprint density at radius 2 is 1.88 bits per heavy atom. The molecule has 2 aromatic rings. The van der Waals surface area contributed by atoms with E-state index in [0.29, 0.717) is 0 Å². The molecule has 138 valence electrons. The second-order valence-corrected chi connectivity index (χ2v) is 8.05.